The molecule has 0 aromatic heterocycles. The van der Waals surface area contributed by atoms with Crippen LogP contribution >= 0.6 is 11.6 Å². The minimum Gasteiger partial charge on any atom is -0.492 e. The first-order valence-electron chi connectivity index (χ1n) is 4.62. The van der Waals surface area contributed by atoms with E-state index in [0.717, 1.165) is 6.07 Å². The number of benzene rings is 1. The molecule has 0 aliphatic carbocycles. The normalized spacial score (nSPS) is 11.9. The Hall–Kier alpha value is 0.541. The molecule has 1 aromatic rings. The fourth-order valence-corrected chi connectivity index (χ4v) is 1.17. The number of hydrogen-bond acceptors (Lipinski definition) is 1. The molecule has 17 heavy (non-hydrogen) atoms. The molecule has 0 N–H and O–H groups in total. The summed E-state index contributed by atoms with van der Waals surface area (Å²) in [6.45, 7) is -3.33. The van der Waals surface area contributed by atoms with Crippen molar-refractivity contribution in [3.05, 3.63) is 35.4 Å². The topological polar surface area (TPSA) is 9.23 Å². The van der Waals surface area contributed by atoms with Crippen molar-refractivity contribution in [2.24, 2.45) is 0 Å². The van der Waals surface area contributed by atoms with Crippen molar-refractivity contribution in [1.29, 1.82) is 0 Å². The van der Waals surface area contributed by atoms with E-state index in [-0.39, 0.29) is 63.7 Å². The van der Waals surface area contributed by atoms with Crippen molar-refractivity contribution in [2.75, 3.05) is 6.61 Å². The van der Waals surface area contributed by atoms with E-state index in [9.17, 15) is 12.9 Å². The van der Waals surface area contributed by atoms with E-state index in [0.29, 0.717) is 5.57 Å². The Morgan fingerprint density at radius 1 is 1.35 bits per heavy atom. The molecular weight excluding hydrogens is 278 g/mol. The maximum Gasteiger partial charge on any atom is 1.00 e. The maximum atomic E-state index is 12.6. The van der Waals surface area contributed by atoms with Crippen LogP contribution in [0.4, 0.5) is 12.9 Å². The largest absolute Gasteiger partial charge is 1.00 e. The first-order chi connectivity index (χ1) is 7.45. The Kier molecular flexibility index (Phi) is 8.11. The minimum atomic E-state index is -5.05. The van der Waals surface area contributed by atoms with E-state index in [2.05, 4.69) is 0 Å². The molecule has 0 spiro atoms. The second-order valence-corrected chi connectivity index (χ2v) is 3.57. The van der Waals surface area contributed by atoms with Crippen LogP contribution < -0.4 is 61.6 Å². The molecule has 1 aromatic carbocycles. The van der Waals surface area contributed by atoms with E-state index in [1.807, 2.05) is 0 Å². The van der Waals surface area contributed by atoms with E-state index in [1.165, 1.54) is 23.7 Å². The van der Waals surface area contributed by atoms with Gasteiger partial charge < -0.3 is 17.7 Å². The van der Waals surface area contributed by atoms with Crippen LogP contribution in [-0.4, -0.2) is 13.6 Å². The second kappa shape index (κ2) is 7.86. The van der Waals surface area contributed by atoms with Gasteiger partial charge in [0.05, 0.1) is 5.75 Å². The summed E-state index contributed by atoms with van der Waals surface area (Å²) in [4.78, 5) is 0. The molecule has 0 atom stereocenters. The number of rotatable bonds is 4. The molecule has 0 aliphatic heterocycles. The van der Waals surface area contributed by atoms with Crippen LogP contribution in [0.1, 0.15) is 6.92 Å². The molecule has 0 unspecified atom stereocenters. The fraction of sp³-hybridized carbons (Fsp3) is 0.200. The Bertz CT molecular complexity index is 395. The van der Waals surface area contributed by atoms with Crippen LogP contribution in [-0.2, 0) is 0 Å². The Labute approximate surface area is 146 Å². The molecule has 0 radical (unpaired) electrons. The number of hydrogen-bond donors (Lipinski definition) is 0. The molecule has 0 saturated heterocycles. The first-order valence-corrected chi connectivity index (χ1v) is 5.06. The molecule has 88 valence electrons. The van der Waals surface area contributed by atoms with Crippen molar-refractivity contribution in [2.45, 2.75) is 6.92 Å². The summed E-state index contributed by atoms with van der Waals surface area (Å²) in [5.74, 6) is -0.159. The van der Waals surface area contributed by atoms with Gasteiger partial charge in [-0.3, -0.25) is 0 Å². The van der Waals surface area contributed by atoms with E-state index in [4.69, 9.17) is 16.3 Å². The quantitative estimate of drug-likeness (QED) is 0.723. The first kappa shape index (κ1) is 17.5. The molecular formula is C10H10BClF3KO. The van der Waals surface area contributed by atoms with Gasteiger partial charge in [-0.25, -0.2) is 0 Å². The van der Waals surface area contributed by atoms with Crippen LogP contribution in [0.3, 0.4) is 0 Å². The van der Waals surface area contributed by atoms with Crippen molar-refractivity contribution >= 4 is 24.0 Å². The summed E-state index contributed by atoms with van der Waals surface area (Å²) in [5, 5.41) is 0. The Morgan fingerprint density at radius 2 is 1.94 bits per heavy atom. The number of ether oxygens (including phenoxy) is 1. The van der Waals surface area contributed by atoms with Crippen LogP contribution in [0, 0.1) is 0 Å². The SMILES string of the molecule is C/C(=C/Cl)COc1ccccc1[B-](F)(F)F.[K+]. The average Bonchev–Trinajstić information content (AvgIpc) is 2.25. The summed E-state index contributed by atoms with van der Waals surface area (Å²) in [6.07, 6.45) is 0. The second-order valence-electron chi connectivity index (χ2n) is 3.36. The summed E-state index contributed by atoms with van der Waals surface area (Å²) in [7, 11) is 0. The van der Waals surface area contributed by atoms with Gasteiger partial charge in [0.1, 0.15) is 6.61 Å². The van der Waals surface area contributed by atoms with Gasteiger partial charge in [-0.2, -0.15) is 0 Å². The number of halogens is 4. The average molecular weight is 289 g/mol. The molecule has 0 aliphatic rings. The van der Waals surface area contributed by atoms with Gasteiger partial charge in [-0.05, 0) is 18.6 Å². The predicted octanol–water partition coefficient (Wildman–Crippen LogP) is 0.266. The van der Waals surface area contributed by atoms with Crippen LogP contribution in [0.15, 0.2) is 35.4 Å². The third-order valence-electron chi connectivity index (χ3n) is 1.91. The van der Waals surface area contributed by atoms with Gasteiger partial charge in [-0.15, -0.1) is 0 Å². The predicted molar refractivity (Wildman–Crippen MR) is 60.3 cm³/mol. The fourth-order valence-electron chi connectivity index (χ4n) is 1.11. The zero-order valence-electron chi connectivity index (χ0n) is 9.59. The maximum absolute atomic E-state index is 12.6. The molecule has 0 amide bonds. The molecule has 0 saturated carbocycles. The Morgan fingerprint density at radius 3 is 2.47 bits per heavy atom. The van der Waals surface area contributed by atoms with Crippen LogP contribution in [0.25, 0.3) is 0 Å². The molecule has 1 rings (SSSR count). The standard InChI is InChI=1S/C10H10BClF3O.K/c1-8(6-12)7-16-10-5-3-2-4-9(10)11(13,14)15;/h2-6H,7H2,1H3;/q-1;+1/b8-6-;. The summed E-state index contributed by atoms with van der Waals surface area (Å²) < 4.78 is 42.8. The van der Waals surface area contributed by atoms with E-state index in [1.54, 1.807) is 6.92 Å². The number of para-hydroxylation sites is 1. The summed E-state index contributed by atoms with van der Waals surface area (Å²) >= 11 is 5.39. The minimum absolute atomic E-state index is 0. The molecule has 7 heteroatoms. The van der Waals surface area contributed by atoms with Gasteiger partial charge in [0, 0.05) is 5.54 Å². The smallest absolute Gasteiger partial charge is 0.492 e. The molecule has 0 bridgehead atoms. The van der Waals surface area contributed by atoms with Gasteiger partial charge in [0.2, 0.25) is 0 Å². The molecule has 0 heterocycles. The van der Waals surface area contributed by atoms with Gasteiger partial charge in [0.25, 0.3) is 0 Å². The van der Waals surface area contributed by atoms with Crippen molar-refractivity contribution in [1.82, 2.24) is 0 Å². The zero-order chi connectivity index (χ0) is 12.2. The van der Waals surface area contributed by atoms with E-state index >= 15 is 0 Å². The Balaban J connectivity index is 0.00000256. The third kappa shape index (κ3) is 5.81. The van der Waals surface area contributed by atoms with Crippen LogP contribution in [0.5, 0.6) is 5.75 Å². The van der Waals surface area contributed by atoms with Crippen molar-refractivity contribution < 1.29 is 69.1 Å². The summed E-state index contributed by atoms with van der Waals surface area (Å²) in [5.41, 5.74) is 1.22. The summed E-state index contributed by atoms with van der Waals surface area (Å²) in [6, 6.07) is 5.14. The molecule has 1 nitrogen and oxygen atoms in total. The van der Waals surface area contributed by atoms with Gasteiger partial charge in [0.15, 0.2) is 0 Å². The van der Waals surface area contributed by atoms with Crippen LogP contribution in [0.2, 0.25) is 0 Å². The van der Waals surface area contributed by atoms with Crippen molar-refractivity contribution in [3.63, 3.8) is 0 Å². The van der Waals surface area contributed by atoms with E-state index < -0.39 is 12.4 Å². The third-order valence-corrected chi connectivity index (χ3v) is 2.29. The van der Waals surface area contributed by atoms with Crippen molar-refractivity contribution in [3.8, 4) is 5.75 Å². The monoisotopic (exact) mass is 288 g/mol. The van der Waals surface area contributed by atoms with Gasteiger partial charge in [-0.1, -0.05) is 35.3 Å². The van der Waals surface area contributed by atoms with Gasteiger partial charge >= 0.3 is 58.4 Å². The zero-order valence-corrected chi connectivity index (χ0v) is 13.5. The molecule has 0 fully saturated rings.